The van der Waals surface area contributed by atoms with Crippen molar-refractivity contribution >= 4 is 34.8 Å². The highest BCUT2D eigenvalue weighted by Crippen LogP contribution is 2.18. The minimum absolute atomic E-state index is 0.112. The van der Waals surface area contributed by atoms with E-state index in [1.807, 2.05) is 0 Å². The zero-order valence-electron chi connectivity index (χ0n) is 19.6. The van der Waals surface area contributed by atoms with Crippen molar-refractivity contribution in [1.82, 2.24) is 25.8 Å². The van der Waals surface area contributed by atoms with Crippen LogP contribution in [-0.4, -0.2) is 78.2 Å². The number of rotatable bonds is 12. The zero-order valence-corrected chi connectivity index (χ0v) is 20.4. The fourth-order valence-electron chi connectivity index (χ4n) is 4.50. The molecule has 11 heteroatoms. The van der Waals surface area contributed by atoms with Crippen LogP contribution in [0, 0.1) is 5.92 Å². The van der Waals surface area contributed by atoms with Crippen molar-refractivity contribution in [1.29, 1.82) is 0 Å². The van der Waals surface area contributed by atoms with E-state index in [4.69, 9.17) is 5.73 Å². The molecule has 0 aromatic carbocycles. The van der Waals surface area contributed by atoms with E-state index >= 15 is 0 Å². The number of thiazole rings is 1. The molecule has 34 heavy (non-hydrogen) atoms. The van der Waals surface area contributed by atoms with Gasteiger partial charge in [0.25, 0.3) is 0 Å². The lowest BCUT2D eigenvalue weighted by Gasteiger charge is -2.32. The quantitative estimate of drug-likeness (QED) is 0.310. The molecule has 3 heterocycles. The van der Waals surface area contributed by atoms with Crippen LogP contribution in [0.1, 0.15) is 61.2 Å². The van der Waals surface area contributed by atoms with Crippen LogP contribution in [0.2, 0.25) is 0 Å². The Morgan fingerprint density at radius 1 is 1.24 bits per heavy atom. The summed E-state index contributed by atoms with van der Waals surface area (Å²) >= 11 is 1.22. The third-order valence-corrected chi connectivity index (χ3v) is 7.22. The number of aromatic nitrogens is 1. The first-order valence-electron chi connectivity index (χ1n) is 12.2. The molecule has 0 bridgehead atoms. The van der Waals surface area contributed by atoms with Gasteiger partial charge in [-0.15, -0.1) is 11.3 Å². The van der Waals surface area contributed by atoms with Gasteiger partial charge >= 0.3 is 0 Å². The van der Waals surface area contributed by atoms with Gasteiger partial charge < -0.3 is 26.6 Å². The Morgan fingerprint density at radius 2 is 2.03 bits per heavy atom. The van der Waals surface area contributed by atoms with E-state index in [0.29, 0.717) is 56.1 Å². The Balaban J connectivity index is 1.48. The number of Topliss-reactive ketones (excluding diaryl/α,β-unsaturated/α-hetero) is 1. The summed E-state index contributed by atoms with van der Waals surface area (Å²) in [5.74, 6) is -0.465. The molecule has 2 aliphatic heterocycles. The Labute approximate surface area is 204 Å². The average molecular weight is 493 g/mol. The molecule has 1 aromatic heterocycles. The maximum absolute atomic E-state index is 12.9. The van der Waals surface area contributed by atoms with Gasteiger partial charge in [-0.25, -0.2) is 4.98 Å². The summed E-state index contributed by atoms with van der Waals surface area (Å²) in [6, 6.07) is -1.33. The number of hydrogen-bond acceptors (Lipinski definition) is 8. The number of carbonyl (C=O) groups is 4. The minimum atomic E-state index is -0.729. The van der Waals surface area contributed by atoms with E-state index in [9.17, 15) is 19.2 Å². The fourth-order valence-corrected chi connectivity index (χ4v) is 5.13. The molecule has 1 aromatic rings. The summed E-state index contributed by atoms with van der Waals surface area (Å²) in [5.41, 5.74) is 5.59. The molecule has 3 rings (SSSR count). The van der Waals surface area contributed by atoms with Crippen LogP contribution in [0.5, 0.6) is 0 Å². The maximum atomic E-state index is 12.9. The van der Waals surface area contributed by atoms with Gasteiger partial charge in [-0.05, 0) is 70.5 Å². The van der Waals surface area contributed by atoms with Gasteiger partial charge in [-0.3, -0.25) is 19.2 Å². The van der Waals surface area contributed by atoms with Crippen LogP contribution in [0.3, 0.4) is 0 Å². The maximum Gasteiger partial charge on any atom is 0.245 e. The normalized spacial score (nSPS) is 20.1. The van der Waals surface area contributed by atoms with Gasteiger partial charge in [0.05, 0.1) is 12.6 Å². The monoisotopic (exact) mass is 492 g/mol. The summed E-state index contributed by atoms with van der Waals surface area (Å²) in [4.78, 5) is 56.3. The van der Waals surface area contributed by atoms with E-state index in [1.165, 1.54) is 16.2 Å². The number of nitrogens with one attached hydrogen (secondary N) is 3. The highest BCUT2D eigenvalue weighted by molar-refractivity contribution is 7.11. The third-order valence-electron chi connectivity index (χ3n) is 6.43. The summed E-state index contributed by atoms with van der Waals surface area (Å²) in [7, 11) is 0. The first-order chi connectivity index (χ1) is 16.5. The number of ketones is 1. The zero-order chi connectivity index (χ0) is 24.3. The first-order valence-corrected chi connectivity index (χ1v) is 13.1. The lowest BCUT2D eigenvalue weighted by Crippen LogP contribution is -2.55. The van der Waals surface area contributed by atoms with Crippen molar-refractivity contribution in [3.8, 4) is 0 Å². The second-order valence-electron chi connectivity index (χ2n) is 9.01. The number of amides is 3. The van der Waals surface area contributed by atoms with Crippen molar-refractivity contribution in [3.63, 3.8) is 0 Å². The molecule has 2 fully saturated rings. The molecule has 2 atom stereocenters. The van der Waals surface area contributed by atoms with E-state index in [0.717, 1.165) is 32.4 Å². The number of likely N-dealkylation sites (tertiary alicyclic amines) is 1. The van der Waals surface area contributed by atoms with Crippen LogP contribution >= 0.6 is 11.3 Å². The van der Waals surface area contributed by atoms with Crippen LogP contribution in [0.25, 0.3) is 0 Å². The summed E-state index contributed by atoms with van der Waals surface area (Å²) < 4.78 is 0. The van der Waals surface area contributed by atoms with Crippen molar-refractivity contribution in [3.05, 3.63) is 16.6 Å². The van der Waals surface area contributed by atoms with Gasteiger partial charge in [0.2, 0.25) is 23.5 Å². The molecule has 0 saturated carbocycles. The van der Waals surface area contributed by atoms with Crippen molar-refractivity contribution in [2.24, 2.45) is 11.7 Å². The van der Waals surface area contributed by atoms with E-state index < -0.39 is 18.0 Å². The average Bonchev–Trinajstić information content (AvgIpc) is 3.38. The predicted molar refractivity (Wildman–Crippen MR) is 129 cm³/mol. The lowest BCUT2D eigenvalue weighted by atomic mass is 9.93. The topological polar surface area (TPSA) is 147 Å². The summed E-state index contributed by atoms with van der Waals surface area (Å²) in [6.45, 7) is 2.69. The van der Waals surface area contributed by atoms with Crippen molar-refractivity contribution in [2.75, 3.05) is 32.7 Å². The summed E-state index contributed by atoms with van der Waals surface area (Å²) in [6.07, 6.45) is 7.21. The van der Waals surface area contributed by atoms with Crippen LogP contribution in [0.15, 0.2) is 11.6 Å². The van der Waals surface area contributed by atoms with Gasteiger partial charge in [-0.1, -0.05) is 0 Å². The van der Waals surface area contributed by atoms with Gasteiger partial charge in [0, 0.05) is 24.5 Å². The summed E-state index contributed by atoms with van der Waals surface area (Å²) in [5, 5.41) is 11.0. The van der Waals surface area contributed by atoms with E-state index in [-0.39, 0.29) is 24.1 Å². The van der Waals surface area contributed by atoms with E-state index in [1.54, 1.807) is 11.6 Å². The molecule has 188 valence electrons. The molecule has 0 spiro atoms. The molecule has 3 amide bonds. The van der Waals surface area contributed by atoms with Gasteiger partial charge in [-0.2, -0.15) is 0 Å². The third kappa shape index (κ3) is 7.85. The van der Waals surface area contributed by atoms with Crippen molar-refractivity contribution < 1.29 is 19.2 Å². The Hall–Kier alpha value is -2.37. The number of hydrogen-bond donors (Lipinski definition) is 4. The van der Waals surface area contributed by atoms with Crippen LogP contribution in [0.4, 0.5) is 0 Å². The van der Waals surface area contributed by atoms with Crippen LogP contribution < -0.4 is 21.7 Å². The molecule has 10 nitrogen and oxygen atoms in total. The molecular formula is C23H36N6O4S. The molecular weight excluding hydrogens is 456 g/mol. The number of nitrogens with two attached hydrogens (primary N) is 1. The second kappa shape index (κ2) is 13.5. The largest absolute Gasteiger partial charge is 0.344 e. The molecule has 0 radical (unpaired) electrons. The number of carbonyl (C=O) groups excluding carboxylic acids is 4. The molecule has 0 aliphatic carbocycles. The Bertz CT molecular complexity index is 827. The van der Waals surface area contributed by atoms with Crippen molar-refractivity contribution in [2.45, 2.75) is 63.5 Å². The highest BCUT2D eigenvalue weighted by Gasteiger charge is 2.32. The Kier molecular flexibility index (Phi) is 10.4. The van der Waals surface area contributed by atoms with E-state index in [2.05, 4.69) is 20.9 Å². The molecule has 2 aliphatic rings. The lowest BCUT2D eigenvalue weighted by molar-refractivity contribution is -0.141. The van der Waals surface area contributed by atoms with Gasteiger partial charge in [0.1, 0.15) is 6.04 Å². The van der Waals surface area contributed by atoms with Crippen LogP contribution in [-0.2, 0) is 14.4 Å². The standard InChI is InChI=1S/C23H36N6O4S/c24-9-1-3-17(21(32)22-26-12-14-34-22)27-20(31)15-29-13-2-4-18(23(29)33)28-19(30)6-5-16-7-10-25-11-8-16/h12,14,16-18,25H,1-11,13,15,24H2,(H,27,31)(H,28,30)/t17-,18?/m0/s1. The SMILES string of the molecule is NCCC[C@H](NC(=O)CN1CCCC(NC(=O)CCC2CCNCC2)C1=O)C(=O)c1nccs1. The number of piperidine rings is 2. The molecule has 2 saturated heterocycles. The fraction of sp³-hybridized carbons (Fsp3) is 0.696. The predicted octanol–water partition coefficient (Wildman–Crippen LogP) is 0.437. The number of nitrogens with zero attached hydrogens (tertiary/aromatic N) is 2. The molecule has 5 N–H and O–H groups in total. The smallest absolute Gasteiger partial charge is 0.245 e. The first kappa shape index (κ1) is 26.2. The second-order valence-corrected chi connectivity index (χ2v) is 9.90. The molecule has 1 unspecified atom stereocenters. The Morgan fingerprint density at radius 3 is 2.74 bits per heavy atom. The minimum Gasteiger partial charge on any atom is -0.344 e. The van der Waals surface area contributed by atoms with Gasteiger partial charge in [0.15, 0.2) is 5.01 Å². The highest BCUT2D eigenvalue weighted by atomic mass is 32.1.